The first-order valence-electron chi connectivity index (χ1n) is 7.74. The van der Waals surface area contributed by atoms with Crippen molar-refractivity contribution in [2.75, 3.05) is 45.9 Å². The van der Waals surface area contributed by atoms with E-state index < -0.39 is 0 Å². The number of hydrogen-bond donors (Lipinski definition) is 2. The van der Waals surface area contributed by atoms with Gasteiger partial charge >= 0.3 is 0 Å². The molecule has 3 heterocycles. The molecule has 2 fully saturated rings. The largest absolute Gasteiger partial charge is 0.381 e. The van der Waals surface area contributed by atoms with E-state index in [2.05, 4.69) is 20.5 Å². The Hall–Kier alpha value is -0.0800. The molecule has 0 radical (unpaired) electrons. The Labute approximate surface area is 138 Å². The second-order valence-electron chi connectivity index (χ2n) is 5.90. The minimum Gasteiger partial charge on any atom is -0.381 e. The Morgan fingerprint density at radius 2 is 1.95 bits per heavy atom. The topological polar surface area (TPSA) is 48.9 Å². The molecular weight excluding hydrogens is 367 g/mol. The van der Waals surface area contributed by atoms with Gasteiger partial charge in [-0.2, -0.15) is 0 Å². The molecule has 0 aromatic rings. The average Bonchev–Trinajstić information content (AvgIpc) is 3.02. The highest BCUT2D eigenvalue weighted by Gasteiger charge is 2.39. The summed E-state index contributed by atoms with van der Waals surface area (Å²) < 4.78 is 5.58. The first-order chi connectivity index (χ1) is 9.39. The van der Waals surface area contributed by atoms with E-state index in [1.807, 2.05) is 0 Å². The van der Waals surface area contributed by atoms with Crippen molar-refractivity contribution in [2.45, 2.75) is 37.6 Å². The first-order valence-corrected chi connectivity index (χ1v) is 7.74. The van der Waals surface area contributed by atoms with Crippen molar-refractivity contribution in [1.29, 1.82) is 0 Å². The number of rotatable bonds is 3. The molecular formula is C14H27IN4O. The molecule has 2 N–H and O–H groups in total. The van der Waals surface area contributed by atoms with Gasteiger partial charge in [0, 0.05) is 38.4 Å². The summed E-state index contributed by atoms with van der Waals surface area (Å²) >= 11 is 0. The van der Waals surface area contributed by atoms with E-state index in [1.54, 1.807) is 0 Å². The molecule has 3 aliphatic heterocycles. The number of nitrogens with zero attached hydrogens (tertiary/aromatic N) is 2. The van der Waals surface area contributed by atoms with Gasteiger partial charge in [0.25, 0.3) is 0 Å². The summed E-state index contributed by atoms with van der Waals surface area (Å²) in [7, 11) is 0. The highest BCUT2D eigenvalue weighted by molar-refractivity contribution is 14.0. The van der Waals surface area contributed by atoms with Crippen molar-refractivity contribution in [3.8, 4) is 0 Å². The van der Waals surface area contributed by atoms with E-state index in [4.69, 9.17) is 4.74 Å². The Morgan fingerprint density at radius 1 is 1.20 bits per heavy atom. The standard InChI is InChI=1S/C14H26N4O.HI/c1-2-9-18(8-1)14(4-10-19-11-5-14)12-17-13-15-6-3-7-16-13;/h1-12H2,(H2,15,16,17);1H. The summed E-state index contributed by atoms with van der Waals surface area (Å²) in [6.45, 7) is 7.31. The quantitative estimate of drug-likeness (QED) is 0.707. The van der Waals surface area contributed by atoms with E-state index in [-0.39, 0.29) is 29.5 Å². The molecule has 6 heteroatoms. The van der Waals surface area contributed by atoms with Gasteiger partial charge in [0.15, 0.2) is 5.96 Å². The lowest BCUT2D eigenvalue weighted by atomic mass is 9.88. The van der Waals surface area contributed by atoms with E-state index in [0.717, 1.165) is 58.1 Å². The van der Waals surface area contributed by atoms with E-state index in [1.165, 1.54) is 25.9 Å². The van der Waals surface area contributed by atoms with Crippen LogP contribution in [0, 0.1) is 0 Å². The van der Waals surface area contributed by atoms with Crippen LogP contribution < -0.4 is 10.6 Å². The van der Waals surface area contributed by atoms with Gasteiger partial charge in [0.2, 0.25) is 0 Å². The minimum atomic E-state index is 0. The van der Waals surface area contributed by atoms with Crippen molar-refractivity contribution in [3.05, 3.63) is 0 Å². The number of hydrogen-bond acceptors (Lipinski definition) is 5. The molecule has 0 aromatic carbocycles. The van der Waals surface area contributed by atoms with Crippen LogP contribution in [0.5, 0.6) is 0 Å². The second kappa shape index (κ2) is 7.79. The highest BCUT2D eigenvalue weighted by Crippen LogP contribution is 2.30. The summed E-state index contributed by atoms with van der Waals surface area (Å²) in [6.07, 6.45) is 6.14. The molecule has 20 heavy (non-hydrogen) atoms. The molecule has 0 unspecified atom stereocenters. The van der Waals surface area contributed by atoms with Crippen molar-refractivity contribution < 1.29 is 4.74 Å². The Morgan fingerprint density at radius 3 is 2.60 bits per heavy atom. The summed E-state index contributed by atoms with van der Waals surface area (Å²) in [5, 5.41) is 6.91. The predicted molar refractivity (Wildman–Crippen MR) is 91.9 cm³/mol. The maximum absolute atomic E-state index is 5.58. The van der Waals surface area contributed by atoms with Gasteiger partial charge < -0.3 is 15.4 Å². The van der Waals surface area contributed by atoms with Gasteiger partial charge in [-0.15, -0.1) is 24.0 Å². The summed E-state index contributed by atoms with van der Waals surface area (Å²) in [4.78, 5) is 7.20. The van der Waals surface area contributed by atoms with Crippen LogP contribution in [0.2, 0.25) is 0 Å². The van der Waals surface area contributed by atoms with Crippen LogP contribution in [0.25, 0.3) is 0 Å². The number of ether oxygens (including phenoxy) is 1. The Bertz CT molecular complexity index is 325. The van der Waals surface area contributed by atoms with Crippen molar-refractivity contribution in [3.63, 3.8) is 0 Å². The second-order valence-corrected chi connectivity index (χ2v) is 5.90. The van der Waals surface area contributed by atoms with Crippen LogP contribution in [0.3, 0.4) is 0 Å². The fourth-order valence-corrected chi connectivity index (χ4v) is 3.45. The highest BCUT2D eigenvalue weighted by atomic mass is 127. The molecule has 0 aromatic heterocycles. The molecule has 116 valence electrons. The van der Waals surface area contributed by atoms with Crippen LogP contribution in [0.1, 0.15) is 32.1 Å². The van der Waals surface area contributed by atoms with Crippen LogP contribution >= 0.6 is 24.0 Å². The van der Waals surface area contributed by atoms with Crippen molar-refractivity contribution in [2.24, 2.45) is 4.99 Å². The molecule has 2 saturated heterocycles. The van der Waals surface area contributed by atoms with Gasteiger partial charge in [0.1, 0.15) is 0 Å². The first kappa shape index (κ1) is 16.3. The van der Waals surface area contributed by atoms with Crippen molar-refractivity contribution in [1.82, 2.24) is 15.5 Å². The zero-order valence-electron chi connectivity index (χ0n) is 12.2. The molecule has 0 aliphatic carbocycles. The van der Waals surface area contributed by atoms with Gasteiger partial charge in [-0.1, -0.05) is 0 Å². The molecule has 3 aliphatic rings. The molecule has 0 bridgehead atoms. The molecule has 0 amide bonds. The van der Waals surface area contributed by atoms with Gasteiger partial charge in [-0.3, -0.25) is 9.89 Å². The van der Waals surface area contributed by atoms with E-state index in [9.17, 15) is 0 Å². The lowest BCUT2D eigenvalue weighted by molar-refractivity contribution is -0.0164. The lowest BCUT2D eigenvalue weighted by Gasteiger charge is -2.45. The third kappa shape index (κ3) is 3.76. The number of halogens is 1. The summed E-state index contributed by atoms with van der Waals surface area (Å²) in [6, 6.07) is 0. The lowest BCUT2D eigenvalue weighted by Crippen LogP contribution is -2.59. The van der Waals surface area contributed by atoms with E-state index >= 15 is 0 Å². The van der Waals surface area contributed by atoms with Crippen LogP contribution in [0.4, 0.5) is 0 Å². The maximum atomic E-state index is 5.58. The predicted octanol–water partition coefficient (Wildman–Crippen LogP) is 1.19. The van der Waals surface area contributed by atoms with Crippen LogP contribution in [-0.4, -0.2) is 62.3 Å². The monoisotopic (exact) mass is 394 g/mol. The van der Waals surface area contributed by atoms with Gasteiger partial charge in [-0.25, -0.2) is 0 Å². The average molecular weight is 394 g/mol. The molecule has 0 spiro atoms. The molecule has 0 saturated carbocycles. The summed E-state index contributed by atoms with van der Waals surface area (Å²) in [5.74, 6) is 0.997. The van der Waals surface area contributed by atoms with Crippen molar-refractivity contribution >= 4 is 29.9 Å². The number of guanidine groups is 1. The van der Waals surface area contributed by atoms with E-state index in [0.29, 0.717) is 0 Å². The zero-order chi connectivity index (χ0) is 13.0. The SMILES string of the molecule is C1CN=C(NCC2(N3CCCC3)CCOCC2)NC1.I. The van der Waals surface area contributed by atoms with Gasteiger partial charge in [-0.05, 0) is 45.2 Å². The Balaban J connectivity index is 0.00000147. The summed E-state index contributed by atoms with van der Waals surface area (Å²) in [5.41, 5.74) is 0.288. The fourth-order valence-electron chi connectivity index (χ4n) is 3.45. The smallest absolute Gasteiger partial charge is 0.191 e. The normalized spacial score (nSPS) is 26.3. The number of nitrogens with one attached hydrogen (secondary N) is 2. The molecule has 3 rings (SSSR count). The van der Waals surface area contributed by atoms with Crippen LogP contribution in [-0.2, 0) is 4.74 Å². The third-order valence-corrected chi connectivity index (χ3v) is 4.68. The number of likely N-dealkylation sites (tertiary alicyclic amines) is 1. The molecule has 0 atom stereocenters. The maximum Gasteiger partial charge on any atom is 0.191 e. The molecule has 5 nitrogen and oxygen atoms in total. The third-order valence-electron chi connectivity index (χ3n) is 4.68. The Kier molecular flexibility index (Phi) is 6.35. The minimum absolute atomic E-state index is 0. The van der Waals surface area contributed by atoms with Gasteiger partial charge in [0.05, 0.1) is 0 Å². The number of aliphatic imine (C=N–C) groups is 1. The van der Waals surface area contributed by atoms with Crippen LogP contribution in [0.15, 0.2) is 4.99 Å². The fraction of sp³-hybridized carbons (Fsp3) is 0.929. The zero-order valence-corrected chi connectivity index (χ0v) is 14.5.